The predicted octanol–water partition coefficient (Wildman–Crippen LogP) is 2.57. The Bertz CT molecular complexity index is 915. The van der Waals surface area contributed by atoms with Gasteiger partial charge in [0.05, 0.1) is 18.9 Å². The number of rotatable bonds is 7. The number of aromatic nitrogens is 3. The number of hydrogen-bond donors (Lipinski definition) is 2. The number of carboxylic acid groups (broad SMARTS) is 2. The standard InChI is InChI=1S/C22H26N4O.2CH2O2/c1-2-5-19(6-3-1)9-12-25-14-21(15-26-22(16-25)8-11-24-26)18-27-17-20-7-4-10-23-13-20;2*2-1-3/h1-8,10-11,13,21H,9,12,14-18H2;2*1H,(H,2,3). The molecule has 176 valence electrons. The molecule has 0 bridgehead atoms. The SMILES string of the molecule is O=CO.O=CO.c1ccc(CCN2Cc3ccnn3CC(COCc3cccnc3)C2)cc1. The Hall–Kier alpha value is -3.56. The Kier molecular flexibility index (Phi) is 11.9. The fraction of sp³-hybridized carbons (Fsp3) is 0.333. The van der Waals surface area contributed by atoms with E-state index in [1.807, 2.05) is 18.5 Å². The van der Waals surface area contributed by atoms with Crippen LogP contribution in [-0.4, -0.2) is 62.5 Å². The summed E-state index contributed by atoms with van der Waals surface area (Å²) in [5.74, 6) is 0.429. The first-order valence-electron chi connectivity index (χ1n) is 10.6. The van der Waals surface area contributed by atoms with Crippen molar-refractivity contribution in [3.63, 3.8) is 0 Å². The van der Waals surface area contributed by atoms with E-state index in [0.717, 1.165) is 44.8 Å². The van der Waals surface area contributed by atoms with Gasteiger partial charge in [-0.2, -0.15) is 5.10 Å². The van der Waals surface area contributed by atoms with Gasteiger partial charge in [-0.15, -0.1) is 0 Å². The van der Waals surface area contributed by atoms with E-state index in [-0.39, 0.29) is 12.9 Å². The zero-order valence-corrected chi connectivity index (χ0v) is 18.4. The molecule has 1 unspecified atom stereocenters. The Morgan fingerprint density at radius 3 is 2.39 bits per heavy atom. The summed E-state index contributed by atoms with van der Waals surface area (Å²) in [4.78, 5) is 23.4. The van der Waals surface area contributed by atoms with Crippen molar-refractivity contribution >= 4 is 12.9 Å². The summed E-state index contributed by atoms with van der Waals surface area (Å²) in [5.41, 5.74) is 3.80. The number of carbonyl (C=O) groups is 2. The van der Waals surface area contributed by atoms with Gasteiger partial charge in [-0.3, -0.25) is 24.2 Å². The second-order valence-electron chi connectivity index (χ2n) is 7.43. The van der Waals surface area contributed by atoms with Crippen molar-refractivity contribution in [3.8, 4) is 0 Å². The van der Waals surface area contributed by atoms with Crippen LogP contribution in [0.25, 0.3) is 0 Å². The van der Waals surface area contributed by atoms with Crippen molar-refractivity contribution in [2.24, 2.45) is 5.92 Å². The Morgan fingerprint density at radius 2 is 1.70 bits per heavy atom. The Balaban J connectivity index is 0.000000582. The van der Waals surface area contributed by atoms with Crippen molar-refractivity contribution in [1.29, 1.82) is 0 Å². The van der Waals surface area contributed by atoms with Crippen LogP contribution in [0.5, 0.6) is 0 Å². The molecule has 4 rings (SSSR count). The lowest BCUT2D eigenvalue weighted by molar-refractivity contribution is -0.123. The summed E-state index contributed by atoms with van der Waals surface area (Å²) in [5, 5.41) is 18.3. The fourth-order valence-electron chi connectivity index (χ4n) is 3.65. The molecule has 2 N–H and O–H groups in total. The minimum Gasteiger partial charge on any atom is -0.483 e. The molecule has 1 aromatic carbocycles. The van der Waals surface area contributed by atoms with Crippen molar-refractivity contribution in [3.05, 3.63) is 83.9 Å². The van der Waals surface area contributed by atoms with E-state index in [4.69, 9.17) is 24.5 Å². The largest absolute Gasteiger partial charge is 0.483 e. The van der Waals surface area contributed by atoms with Crippen LogP contribution in [0.15, 0.2) is 67.1 Å². The molecule has 0 fully saturated rings. The molecule has 9 heteroatoms. The van der Waals surface area contributed by atoms with Crippen molar-refractivity contribution in [1.82, 2.24) is 19.7 Å². The normalized spacial score (nSPS) is 15.0. The molecule has 9 nitrogen and oxygen atoms in total. The van der Waals surface area contributed by atoms with Gasteiger partial charge < -0.3 is 14.9 Å². The van der Waals surface area contributed by atoms with Gasteiger partial charge in [-0.25, -0.2) is 0 Å². The molecule has 3 aromatic rings. The molecule has 0 saturated heterocycles. The molecule has 0 amide bonds. The lowest BCUT2D eigenvalue weighted by atomic mass is 10.1. The van der Waals surface area contributed by atoms with E-state index < -0.39 is 0 Å². The quantitative estimate of drug-likeness (QED) is 0.523. The molecule has 1 aliphatic heterocycles. The summed E-state index contributed by atoms with van der Waals surface area (Å²) >= 11 is 0. The lowest BCUT2D eigenvalue weighted by Crippen LogP contribution is -2.32. The minimum atomic E-state index is -0.250. The molecule has 0 radical (unpaired) electrons. The molecule has 3 heterocycles. The van der Waals surface area contributed by atoms with E-state index >= 15 is 0 Å². The Morgan fingerprint density at radius 1 is 0.970 bits per heavy atom. The van der Waals surface area contributed by atoms with Crippen LogP contribution in [0, 0.1) is 5.92 Å². The molecule has 2 aromatic heterocycles. The second-order valence-corrected chi connectivity index (χ2v) is 7.43. The number of hydrogen-bond acceptors (Lipinski definition) is 6. The van der Waals surface area contributed by atoms with E-state index in [1.54, 1.807) is 6.20 Å². The van der Waals surface area contributed by atoms with Gasteiger partial charge >= 0.3 is 0 Å². The maximum atomic E-state index is 8.36. The van der Waals surface area contributed by atoms with Gasteiger partial charge in [0.15, 0.2) is 0 Å². The average Bonchev–Trinajstić information content (AvgIpc) is 3.19. The summed E-state index contributed by atoms with van der Waals surface area (Å²) < 4.78 is 8.15. The smallest absolute Gasteiger partial charge is 0.290 e. The molecule has 0 saturated carbocycles. The molecule has 33 heavy (non-hydrogen) atoms. The molecular weight excluding hydrogens is 424 g/mol. The number of benzene rings is 1. The number of ether oxygens (including phenoxy) is 1. The highest BCUT2D eigenvalue weighted by molar-refractivity contribution is 5.33. The van der Waals surface area contributed by atoms with Gasteiger partial charge in [0.25, 0.3) is 12.9 Å². The number of fused-ring (bicyclic) bond motifs is 1. The zero-order chi connectivity index (χ0) is 23.7. The third-order valence-corrected chi connectivity index (χ3v) is 5.04. The first-order valence-corrected chi connectivity index (χ1v) is 10.6. The van der Waals surface area contributed by atoms with Crippen LogP contribution < -0.4 is 0 Å². The lowest BCUT2D eigenvalue weighted by Gasteiger charge is -2.24. The summed E-state index contributed by atoms with van der Waals surface area (Å²) in [6, 6.07) is 16.8. The first kappa shape index (κ1) is 25.7. The van der Waals surface area contributed by atoms with Gasteiger partial charge in [-0.05, 0) is 29.7 Å². The molecule has 0 aliphatic carbocycles. The molecule has 1 atom stereocenters. The number of nitrogens with zero attached hydrogens (tertiary/aromatic N) is 4. The molecule has 1 aliphatic rings. The first-order chi connectivity index (χ1) is 16.2. The van der Waals surface area contributed by atoms with E-state index in [0.29, 0.717) is 12.5 Å². The second kappa shape index (κ2) is 15.3. The van der Waals surface area contributed by atoms with Crippen molar-refractivity contribution in [2.75, 3.05) is 19.7 Å². The third kappa shape index (κ3) is 9.63. The maximum Gasteiger partial charge on any atom is 0.290 e. The van der Waals surface area contributed by atoms with Crippen molar-refractivity contribution < 1.29 is 24.5 Å². The van der Waals surface area contributed by atoms with Crippen LogP contribution in [0.3, 0.4) is 0 Å². The predicted molar refractivity (Wildman–Crippen MR) is 122 cm³/mol. The van der Waals surface area contributed by atoms with E-state index in [9.17, 15) is 0 Å². The maximum absolute atomic E-state index is 8.36. The monoisotopic (exact) mass is 454 g/mol. The zero-order valence-electron chi connectivity index (χ0n) is 18.4. The van der Waals surface area contributed by atoms with Crippen LogP contribution in [0.4, 0.5) is 0 Å². The molecular formula is C24H30N4O5. The van der Waals surface area contributed by atoms with Crippen LogP contribution in [0.1, 0.15) is 16.8 Å². The summed E-state index contributed by atoms with van der Waals surface area (Å²) in [6.45, 7) is 4.79. The summed E-state index contributed by atoms with van der Waals surface area (Å²) in [6.07, 6.45) is 6.63. The highest BCUT2D eigenvalue weighted by atomic mass is 16.5. The van der Waals surface area contributed by atoms with Gasteiger partial charge in [0, 0.05) is 50.7 Å². The van der Waals surface area contributed by atoms with E-state index in [1.165, 1.54) is 11.3 Å². The Labute approximate surface area is 193 Å². The topological polar surface area (TPSA) is 118 Å². The minimum absolute atomic E-state index is 0.250. The van der Waals surface area contributed by atoms with Crippen molar-refractivity contribution in [2.45, 2.75) is 26.1 Å². The molecule has 0 spiro atoms. The third-order valence-electron chi connectivity index (χ3n) is 5.04. The van der Waals surface area contributed by atoms with Crippen LogP contribution in [0.2, 0.25) is 0 Å². The van der Waals surface area contributed by atoms with Gasteiger partial charge in [0.2, 0.25) is 0 Å². The fourth-order valence-corrected chi connectivity index (χ4v) is 3.65. The van der Waals surface area contributed by atoms with Crippen LogP contribution >= 0.6 is 0 Å². The highest BCUT2D eigenvalue weighted by Gasteiger charge is 2.22. The average molecular weight is 455 g/mol. The summed E-state index contributed by atoms with van der Waals surface area (Å²) in [7, 11) is 0. The van der Waals surface area contributed by atoms with Gasteiger partial charge in [0.1, 0.15) is 0 Å². The van der Waals surface area contributed by atoms with Crippen LogP contribution in [-0.2, 0) is 40.4 Å². The van der Waals surface area contributed by atoms with Gasteiger partial charge in [-0.1, -0.05) is 36.4 Å². The highest BCUT2D eigenvalue weighted by Crippen LogP contribution is 2.17. The van der Waals surface area contributed by atoms with E-state index in [2.05, 4.69) is 62.1 Å². The number of pyridine rings is 1.